The maximum absolute atomic E-state index is 5.94. The normalized spacial score (nSPS) is 13.8. The fourth-order valence-electron chi connectivity index (χ4n) is 2.98. The Morgan fingerprint density at radius 3 is 2.76 bits per heavy atom. The molecular weight excluding hydrogens is 451 g/mol. The van der Waals surface area contributed by atoms with Crippen molar-refractivity contribution in [1.29, 1.82) is 0 Å². The lowest BCUT2D eigenvalue weighted by Crippen LogP contribution is -2.38. The summed E-state index contributed by atoms with van der Waals surface area (Å²) in [6.45, 7) is 2.40. The number of rotatable bonds is 4. The van der Waals surface area contributed by atoms with Gasteiger partial charge in [-0.05, 0) is 30.5 Å². The SMILES string of the molecule is CN=C(NCc1nnc2n1CCCC2)N(C)Cc1ccc(Cl)cc1.I. The molecule has 1 aliphatic heterocycles. The molecule has 0 spiro atoms. The zero-order valence-corrected chi connectivity index (χ0v) is 17.7. The highest BCUT2D eigenvalue weighted by Gasteiger charge is 2.16. The van der Waals surface area contributed by atoms with Gasteiger partial charge >= 0.3 is 0 Å². The van der Waals surface area contributed by atoms with E-state index in [1.807, 2.05) is 31.3 Å². The predicted molar refractivity (Wildman–Crippen MR) is 111 cm³/mol. The fourth-order valence-corrected chi connectivity index (χ4v) is 3.11. The van der Waals surface area contributed by atoms with E-state index in [1.54, 1.807) is 7.05 Å². The van der Waals surface area contributed by atoms with E-state index in [9.17, 15) is 0 Å². The number of nitrogens with zero attached hydrogens (tertiary/aromatic N) is 5. The quantitative estimate of drug-likeness (QED) is 0.420. The molecular formula is C17H24ClIN6. The monoisotopic (exact) mass is 474 g/mol. The zero-order chi connectivity index (χ0) is 16.9. The molecule has 0 saturated heterocycles. The molecule has 0 saturated carbocycles. The lowest BCUT2D eigenvalue weighted by atomic mass is 10.2. The summed E-state index contributed by atoms with van der Waals surface area (Å²) in [4.78, 5) is 6.44. The van der Waals surface area contributed by atoms with Gasteiger partial charge in [-0.2, -0.15) is 0 Å². The van der Waals surface area contributed by atoms with Crippen LogP contribution in [0.1, 0.15) is 30.1 Å². The summed E-state index contributed by atoms with van der Waals surface area (Å²) in [5.41, 5.74) is 1.18. The van der Waals surface area contributed by atoms with Crippen LogP contribution in [-0.4, -0.2) is 39.7 Å². The maximum atomic E-state index is 5.94. The molecule has 0 fully saturated rings. The number of fused-ring (bicyclic) bond motifs is 1. The van der Waals surface area contributed by atoms with E-state index in [4.69, 9.17) is 11.6 Å². The average molecular weight is 475 g/mol. The van der Waals surface area contributed by atoms with Crippen molar-refractivity contribution >= 4 is 41.5 Å². The Hall–Kier alpha value is -1.35. The first-order valence-corrected chi connectivity index (χ1v) is 8.62. The van der Waals surface area contributed by atoms with Crippen LogP contribution in [0.15, 0.2) is 29.3 Å². The summed E-state index contributed by atoms with van der Waals surface area (Å²) in [6, 6.07) is 7.87. The molecule has 1 aromatic heterocycles. The average Bonchev–Trinajstić information content (AvgIpc) is 3.01. The molecule has 2 heterocycles. The third-order valence-electron chi connectivity index (χ3n) is 4.25. The summed E-state index contributed by atoms with van der Waals surface area (Å²) >= 11 is 5.94. The van der Waals surface area contributed by atoms with Gasteiger partial charge in [-0.1, -0.05) is 23.7 Å². The van der Waals surface area contributed by atoms with Gasteiger partial charge in [-0.15, -0.1) is 34.2 Å². The Labute approximate surface area is 170 Å². The Morgan fingerprint density at radius 2 is 2.04 bits per heavy atom. The van der Waals surface area contributed by atoms with E-state index in [-0.39, 0.29) is 24.0 Å². The number of benzene rings is 1. The van der Waals surface area contributed by atoms with Crippen LogP contribution < -0.4 is 5.32 Å². The lowest BCUT2D eigenvalue weighted by Gasteiger charge is -2.22. The van der Waals surface area contributed by atoms with Crippen LogP contribution in [0, 0.1) is 0 Å². The van der Waals surface area contributed by atoms with Gasteiger partial charge in [0.25, 0.3) is 0 Å². The van der Waals surface area contributed by atoms with Crippen LogP contribution >= 0.6 is 35.6 Å². The van der Waals surface area contributed by atoms with Gasteiger partial charge in [-0.3, -0.25) is 4.99 Å². The molecule has 0 unspecified atom stereocenters. The molecule has 0 bridgehead atoms. The number of hydrogen-bond donors (Lipinski definition) is 1. The van der Waals surface area contributed by atoms with Crippen molar-refractivity contribution in [3.63, 3.8) is 0 Å². The van der Waals surface area contributed by atoms with Crippen molar-refractivity contribution < 1.29 is 0 Å². The van der Waals surface area contributed by atoms with Gasteiger partial charge < -0.3 is 14.8 Å². The Morgan fingerprint density at radius 1 is 1.28 bits per heavy atom. The first-order valence-electron chi connectivity index (χ1n) is 8.24. The van der Waals surface area contributed by atoms with E-state index in [0.717, 1.165) is 42.1 Å². The second-order valence-electron chi connectivity index (χ2n) is 6.02. The summed E-state index contributed by atoms with van der Waals surface area (Å²) < 4.78 is 2.23. The van der Waals surface area contributed by atoms with E-state index >= 15 is 0 Å². The third kappa shape index (κ3) is 5.07. The number of hydrogen-bond acceptors (Lipinski definition) is 3. The van der Waals surface area contributed by atoms with Crippen LogP contribution in [0.25, 0.3) is 0 Å². The minimum atomic E-state index is 0. The molecule has 6 nitrogen and oxygen atoms in total. The molecule has 0 atom stereocenters. The van der Waals surface area contributed by atoms with Crippen LogP contribution in [0.2, 0.25) is 5.02 Å². The van der Waals surface area contributed by atoms with Gasteiger partial charge in [0.1, 0.15) is 5.82 Å². The van der Waals surface area contributed by atoms with E-state index in [2.05, 4.69) is 30.0 Å². The molecule has 136 valence electrons. The molecule has 25 heavy (non-hydrogen) atoms. The van der Waals surface area contributed by atoms with E-state index in [0.29, 0.717) is 6.54 Å². The molecule has 0 radical (unpaired) electrons. The van der Waals surface area contributed by atoms with Crippen molar-refractivity contribution in [3.8, 4) is 0 Å². The topological polar surface area (TPSA) is 58.3 Å². The zero-order valence-electron chi connectivity index (χ0n) is 14.6. The van der Waals surface area contributed by atoms with E-state index in [1.165, 1.54) is 18.4 Å². The van der Waals surface area contributed by atoms with Gasteiger partial charge in [0.2, 0.25) is 0 Å². The number of aliphatic imine (C=N–C) groups is 1. The number of aromatic nitrogens is 3. The second kappa shape index (κ2) is 9.38. The number of guanidine groups is 1. The number of aryl methyl sites for hydroxylation is 1. The smallest absolute Gasteiger partial charge is 0.194 e. The third-order valence-corrected chi connectivity index (χ3v) is 4.50. The Balaban J connectivity index is 0.00000225. The van der Waals surface area contributed by atoms with Crippen molar-refractivity contribution in [1.82, 2.24) is 25.0 Å². The minimum Gasteiger partial charge on any atom is -0.349 e. The van der Waals surface area contributed by atoms with Crippen LogP contribution in [0.5, 0.6) is 0 Å². The molecule has 0 aliphatic carbocycles. The Bertz CT molecular complexity index is 712. The van der Waals surface area contributed by atoms with Crippen molar-refractivity contribution in [2.24, 2.45) is 4.99 Å². The molecule has 1 N–H and O–H groups in total. The second-order valence-corrected chi connectivity index (χ2v) is 6.46. The van der Waals surface area contributed by atoms with Crippen LogP contribution in [0.4, 0.5) is 0 Å². The molecule has 0 amide bonds. The van der Waals surface area contributed by atoms with Gasteiger partial charge in [0, 0.05) is 38.6 Å². The van der Waals surface area contributed by atoms with Gasteiger partial charge in [0.05, 0.1) is 6.54 Å². The van der Waals surface area contributed by atoms with Crippen molar-refractivity contribution in [2.45, 2.75) is 38.9 Å². The lowest BCUT2D eigenvalue weighted by molar-refractivity contribution is 0.468. The largest absolute Gasteiger partial charge is 0.349 e. The molecule has 1 aliphatic rings. The van der Waals surface area contributed by atoms with Crippen molar-refractivity contribution in [3.05, 3.63) is 46.5 Å². The summed E-state index contributed by atoms with van der Waals surface area (Å²) in [6.07, 6.45) is 3.43. The number of nitrogens with one attached hydrogen (secondary N) is 1. The summed E-state index contributed by atoms with van der Waals surface area (Å²) in [5.74, 6) is 2.91. The highest BCUT2D eigenvalue weighted by molar-refractivity contribution is 14.0. The minimum absolute atomic E-state index is 0. The maximum Gasteiger partial charge on any atom is 0.194 e. The predicted octanol–water partition coefficient (Wildman–Crippen LogP) is 3.09. The van der Waals surface area contributed by atoms with Crippen LogP contribution in [0.3, 0.4) is 0 Å². The van der Waals surface area contributed by atoms with Gasteiger partial charge in [0.15, 0.2) is 11.8 Å². The fraction of sp³-hybridized carbons (Fsp3) is 0.471. The van der Waals surface area contributed by atoms with Crippen molar-refractivity contribution in [2.75, 3.05) is 14.1 Å². The first-order chi connectivity index (χ1) is 11.7. The van der Waals surface area contributed by atoms with E-state index < -0.39 is 0 Å². The summed E-state index contributed by atoms with van der Waals surface area (Å²) in [7, 11) is 3.81. The molecule has 2 aromatic rings. The molecule has 3 rings (SSSR count). The first kappa shape index (κ1) is 20.0. The summed E-state index contributed by atoms with van der Waals surface area (Å²) in [5, 5.41) is 12.7. The van der Waals surface area contributed by atoms with Gasteiger partial charge in [-0.25, -0.2) is 0 Å². The highest BCUT2D eigenvalue weighted by atomic mass is 127. The highest BCUT2D eigenvalue weighted by Crippen LogP contribution is 2.14. The standard InChI is InChI=1S/C17H23ClN6.HI/c1-19-17(23(2)12-13-6-8-14(18)9-7-13)20-11-16-22-21-15-5-3-4-10-24(15)16;/h6-9H,3-5,10-12H2,1-2H3,(H,19,20);1H. The molecule has 1 aromatic carbocycles. The molecule has 8 heteroatoms. The van der Waals surface area contributed by atoms with Crippen LogP contribution in [-0.2, 0) is 26.1 Å². The Kier molecular flexibility index (Phi) is 7.49. The number of halogens is 2.